The van der Waals surface area contributed by atoms with Crippen LogP contribution in [0.4, 0.5) is 18.9 Å². The summed E-state index contributed by atoms with van der Waals surface area (Å²) in [7, 11) is -4.02. The molecule has 0 aliphatic heterocycles. The molecule has 6 nitrogen and oxygen atoms in total. The van der Waals surface area contributed by atoms with Crippen LogP contribution < -0.4 is 5.73 Å². The van der Waals surface area contributed by atoms with E-state index in [9.17, 15) is 21.6 Å². The number of anilines is 1. The fourth-order valence-corrected chi connectivity index (χ4v) is 1.93. The van der Waals surface area contributed by atoms with Gasteiger partial charge in [-0.2, -0.15) is 13.5 Å². The van der Waals surface area contributed by atoms with Gasteiger partial charge in [0, 0.05) is 0 Å². The van der Waals surface area contributed by atoms with E-state index >= 15 is 0 Å². The van der Waals surface area contributed by atoms with Crippen LogP contribution in [0.25, 0.3) is 0 Å². The second-order valence-electron chi connectivity index (χ2n) is 4.65. The molecule has 0 fully saturated rings. The van der Waals surface area contributed by atoms with Crippen LogP contribution in [0.3, 0.4) is 0 Å². The first kappa shape index (κ1) is 19.0. The fourth-order valence-electron chi connectivity index (χ4n) is 1.45. The normalized spacial score (nSPS) is 12.7. The van der Waals surface area contributed by atoms with Crippen LogP contribution in [0.5, 0.6) is 0 Å². The molecule has 1 aromatic carbocycles. The lowest BCUT2D eigenvalue weighted by molar-refractivity contribution is 0.000659. The number of benzene rings is 1. The van der Waals surface area contributed by atoms with E-state index in [1.807, 2.05) is 6.92 Å². The van der Waals surface area contributed by atoms with Crippen molar-refractivity contribution in [2.24, 2.45) is 0 Å². The van der Waals surface area contributed by atoms with Crippen LogP contribution in [-0.4, -0.2) is 29.2 Å². The zero-order chi connectivity index (χ0) is 17.8. The third-order valence-corrected chi connectivity index (χ3v) is 3.60. The number of hydrogen-bond donors (Lipinski definition) is 2. The van der Waals surface area contributed by atoms with Gasteiger partial charge in [-0.1, -0.05) is 17.7 Å². The van der Waals surface area contributed by atoms with Crippen molar-refractivity contribution in [3.05, 3.63) is 41.7 Å². The first-order valence-electron chi connectivity index (χ1n) is 6.30. The lowest BCUT2D eigenvalue weighted by Gasteiger charge is -2.05. The third-order valence-electron chi connectivity index (χ3n) is 2.73. The molecule has 0 amide bonds. The van der Waals surface area contributed by atoms with E-state index in [-0.39, 0.29) is 10.6 Å². The topological polar surface area (TPSA) is 98.2 Å². The van der Waals surface area contributed by atoms with Crippen molar-refractivity contribution >= 4 is 15.8 Å². The molecular weight excluding hydrogens is 335 g/mol. The van der Waals surface area contributed by atoms with Crippen molar-refractivity contribution in [2.75, 3.05) is 5.73 Å². The van der Waals surface area contributed by atoms with Gasteiger partial charge in [-0.25, -0.2) is 17.9 Å². The molecule has 128 valence electrons. The number of alkyl halides is 3. The van der Waals surface area contributed by atoms with Gasteiger partial charge in [0.15, 0.2) is 0 Å². The summed E-state index contributed by atoms with van der Waals surface area (Å²) in [4.78, 5) is -0.0666. The van der Waals surface area contributed by atoms with Crippen LogP contribution >= 0.6 is 0 Å². The molecule has 0 saturated carbocycles. The average Bonchev–Trinajstić information content (AvgIpc) is 2.78. The Labute approximate surface area is 131 Å². The highest BCUT2D eigenvalue weighted by Crippen LogP contribution is 2.19. The zero-order valence-corrected chi connectivity index (χ0v) is 13.1. The molecule has 0 saturated heterocycles. The predicted molar refractivity (Wildman–Crippen MR) is 78.5 cm³/mol. The van der Waals surface area contributed by atoms with Gasteiger partial charge in [0.05, 0.1) is 22.5 Å². The largest absolute Gasteiger partial charge is 0.396 e. The van der Waals surface area contributed by atoms with E-state index in [2.05, 4.69) is 5.10 Å². The summed E-state index contributed by atoms with van der Waals surface area (Å²) < 4.78 is 66.2. The lowest BCUT2D eigenvalue weighted by Crippen LogP contribution is -2.12. The number of aromatic nitrogens is 2. The molecule has 10 heteroatoms. The minimum absolute atomic E-state index is 0.0666. The van der Waals surface area contributed by atoms with Crippen molar-refractivity contribution in [3.8, 4) is 0 Å². The molecule has 2 aromatic rings. The van der Waals surface area contributed by atoms with Gasteiger partial charge in [0.2, 0.25) is 0 Å². The van der Waals surface area contributed by atoms with E-state index < -0.39 is 22.8 Å². The van der Waals surface area contributed by atoms with Crippen molar-refractivity contribution in [1.29, 1.82) is 0 Å². The molecule has 2 rings (SSSR count). The highest BCUT2D eigenvalue weighted by atomic mass is 32.2. The number of nitrogens with two attached hydrogens (primary N) is 1. The molecule has 1 unspecified atom stereocenters. The first-order valence-corrected chi connectivity index (χ1v) is 7.74. The summed E-state index contributed by atoms with van der Waals surface area (Å²) >= 11 is 0. The summed E-state index contributed by atoms with van der Waals surface area (Å²) in [5.74, 6) is 0. The number of nitrogens with zero attached hydrogens (tertiary/aromatic N) is 2. The Morgan fingerprint density at radius 1 is 1.17 bits per heavy atom. The van der Waals surface area contributed by atoms with E-state index in [1.54, 1.807) is 12.1 Å². The van der Waals surface area contributed by atoms with Crippen molar-refractivity contribution in [3.63, 3.8) is 0 Å². The third kappa shape index (κ3) is 5.57. The first-order chi connectivity index (χ1) is 10.5. The van der Waals surface area contributed by atoms with Crippen LogP contribution in [0.2, 0.25) is 0 Å². The Hall–Kier alpha value is -2.07. The maximum Gasteiger partial charge on any atom is 0.294 e. The van der Waals surface area contributed by atoms with Crippen LogP contribution in [0.1, 0.15) is 17.6 Å². The quantitative estimate of drug-likeness (QED) is 0.829. The van der Waals surface area contributed by atoms with E-state index in [0.717, 1.165) is 11.8 Å². The van der Waals surface area contributed by atoms with Crippen molar-refractivity contribution < 1.29 is 26.1 Å². The Balaban J connectivity index is 0.000000231. The summed E-state index contributed by atoms with van der Waals surface area (Å²) in [5.41, 5.74) is 6.79. The summed E-state index contributed by atoms with van der Waals surface area (Å²) in [6.45, 7) is 3.36. The van der Waals surface area contributed by atoms with E-state index in [0.29, 0.717) is 10.4 Å². The molecule has 3 N–H and O–H groups in total. The highest BCUT2D eigenvalue weighted by Gasteiger charge is 2.22. The lowest BCUT2D eigenvalue weighted by atomic mass is 10.2. The summed E-state index contributed by atoms with van der Waals surface area (Å²) in [6, 6.07) is 5.99. The van der Waals surface area contributed by atoms with Gasteiger partial charge in [0.1, 0.15) is 0 Å². The number of rotatable bonds is 3. The molecule has 0 aliphatic rings. The Kier molecular flexibility index (Phi) is 6.16. The smallest absolute Gasteiger partial charge is 0.294 e. The van der Waals surface area contributed by atoms with Crippen molar-refractivity contribution in [1.82, 2.24) is 9.78 Å². The Morgan fingerprint density at radius 2 is 1.70 bits per heavy atom. The maximum absolute atomic E-state index is 12.5. The van der Waals surface area contributed by atoms with E-state index in [4.69, 9.17) is 10.3 Å². The zero-order valence-electron chi connectivity index (χ0n) is 12.3. The standard InChI is InChI=1S/C7H8O3S.C6H8F3N3/c1-6-2-4-7(5-3-6)11(8,9)10;1-3-4(10)2-12(11-3)6(9)5(7)8/h2-5H,1H3,(H,8,9,10);2,5-6H,10H2,1H3. The fraction of sp³-hybridized carbons (Fsp3) is 0.308. The molecule has 0 aliphatic carbocycles. The molecule has 0 radical (unpaired) electrons. The average molecular weight is 351 g/mol. The van der Waals surface area contributed by atoms with Gasteiger partial charge in [-0.05, 0) is 26.0 Å². The number of aryl methyl sites for hydroxylation is 2. The Morgan fingerprint density at radius 3 is 2.04 bits per heavy atom. The minimum atomic E-state index is -4.02. The summed E-state index contributed by atoms with van der Waals surface area (Å²) in [6.07, 6.45) is -4.45. The van der Waals surface area contributed by atoms with Crippen molar-refractivity contribution in [2.45, 2.75) is 31.5 Å². The highest BCUT2D eigenvalue weighted by molar-refractivity contribution is 7.85. The molecule has 23 heavy (non-hydrogen) atoms. The molecule has 1 heterocycles. The molecule has 0 spiro atoms. The number of hydrogen-bond acceptors (Lipinski definition) is 4. The number of halogens is 3. The second-order valence-corrected chi connectivity index (χ2v) is 6.07. The summed E-state index contributed by atoms with van der Waals surface area (Å²) in [5, 5.41) is 3.47. The van der Waals surface area contributed by atoms with Gasteiger partial charge < -0.3 is 5.73 Å². The maximum atomic E-state index is 12.5. The molecule has 0 bridgehead atoms. The van der Waals surface area contributed by atoms with Gasteiger partial charge in [0.25, 0.3) is 22.8 Å². The molecule has 1 atom stereocenters. The number of nitrogen functional groups attached to an aromatic ring is 1. The molecule has 1 aromatic heterocycles. The van der Waals surface area contributed by atoms with Gasteiger partial charge in [-0.15, -0.1) is 0 Å². The molecular formula is C13H16F3N3O3S. The van der Waals surface area contributed by atoms with Gasteiger partial charge >= 0.3 is 0 Å². The second kappa shape index (κ2) is 7.47. The SMILES string of the molecule is Cc1ccc(S(=O)(=O)O)cc1.Cc1nn(C(F)C(F)F)cc1N. The minimum Gasteiger partial charge on any atom is -0.396 e. The van der Waals surface area contributed by atoms with Crippen LogP contribution in [-0.2, 0) is 10.1 Å². The predicted octanol–water partition coefficient (Wildman–Crippen LogP) is 2.75. The Bertz CT molecular complexity index is 726. The van der Waals surface area contributed by atoms with Gasteiger partial charge in [-0.3, -0.25) is 4.55 Å². The van der Waals surface area contributed by atoms with E-state index in [1.165, 1.54) is 19.1 Å². The van der Waals surface area contributed by atoms with Crippen LogP contribution in [0, 0.1) is 13.8 Å². The monoisotopic (exact) mass is 351 g/mol. The van der Waals surface area contributed by atoms with Crippen LogP contribution in [0.15, 0.2) is 35.4 Å².